The van der Waals surface area contributed by atoms with Crippen LogP contribution in [0.4, 0.5) is 0 Å². The van der Waals surface area contributed by atoms with Crippen LogP contribution in [0, 0.1) is 23.7 Å². The topological polar surface area (TPSA) is 130 Å². The van der Waals surface area contributed by atoms with E-state index in [1.807, 2.05) is 0 Å². The first kappa shape index (κ1) is 48.5. The Kier molecular flexibility index (Phi) is 24.3. The second-order valence-corrected chi connectivity index (χ2v) is 18.0. The van der Waals surface area contributed by atoms with Gasteiger partial charge in [-0.2, -0.15) is 0 Å². The van der Waals surface area contributed by atoms with Gasteiger partial charge in [0.05, 0.1) is 74.5 Å². The van der Waals surface area contributed by atoms with Crippen molar-refractivity contribution in [2.24, 2.45) is 23.7 Å². The monoisotopic (exact) mass is 819 g/mol. The molecule has 0 aromatic rings. The highest BCUT2D eigenvalue weighted by atomic mass is 16.6. The number of esters is 4. The smallest absolute Gasteiger partial charge is 0.309 e. The van der Waals surface area contributed by atoms with Gasteiger partial charge in [-0.15, -0.1) is 0 Å². The average molecular weight is 819 g/mol. The third-order valence-corrected chi connectivity index (χ3v) is 13.0. The van der Waals surface area contributed by atoms with Gasteiger partial charge in [0.15, 0.2) is 0 Å². The number of hydrogen-bond acceptors (Lipinski definition) is 10. The van der Waals surface area contributed by atoms with Crippen LogP contribution in [-0.2, 0) is 47.6 Å². The van der Waals surface area contributed by atoms with Crippen molar-refractivity contribution in [3.05, 3.63) is 0 Å². The molecule has 334 valence electrons. The highest BCUT2D eigenvalue weighted by Crippen LogP contribution is 2.45. The zero-order valence-corrected chi connectivity index (χ0v) is 36.7. The molecule has 2 aliphatic carbocycles. The maximum Gasteiger partial charge on any atom is 0.309 e. The molecule has 0 aromatic heterocycles. The maximum atomic E-state index is 13.1. The molecule has 0 N–H and O–H groups in total. The minimum Gasteiger partial charge on any atom is -0.465 e. The molecule has 8 unspecified atom stereocenters. The van der Waals surface area contributed by atoms with Gasteiger partial charge in [0, 0.05) is 0 Å². The summed E-state index contributed by atoms with van der Waals surface area (Å²) in [5.41, 5.74) is 0. The highest BCUT2D eigenvalue weighted by Gasteiger charge is 2.54. The first-order valence-electron chi connectivity index (χ1n) is 24.4. The second-order valence-electron chi connectivity index (χ2n) is 18.0. The van der Waals surface area contributed by atoms with Crippen LogP contribution >= 0.6 is 0 Å². The molecule has 0 spiro atoms. The molecule has 10 heteroatoms. The van der Waals surface area contributed by atoms with Crippen molar-refractivity contribution in [3.63, 3.8) is 0 Å². The van der Waals surface area contributed by atoms with Crippen molar-refractivity contribution in [1.82, 2.24) is 0 Å². The Morgan fingerprint density at radius 1 is 0.328 bits per heavy atom. The van der Waals surface area contributed by atoms with Crippen LogP contribution in [0.2, 0.25) is 0 Å². The Balaban J connectivity index is 0.999. The molecular formula is C48H82O10. The molecule has 4 fully saturated rings. The summed E-state index contributed by atoms with van der Waals surface area (Å²) in [6.07, 6.45) is 32.5. The van der Waals surface area contributed by atoms with Gasteiger partial charge in [0.25, 0.3) is 0 Å². The van der Waals surface area contributed by atoms with E-state index in [1.54, 1.807) is 0 Å². The summed E-state index contributed by atoms with van der Waals surface area (Å²) < 4.78 is 34.0. The minimum absolute atomic E-state index is 0.0444. The summed E-state index contributed by atoms with van der Waals surface area (Å²) in [5.74, 6) is -3.30. The van der Waals surface area contributed by atoms with E-state index in [1.165, 1.54) is 116 Å². The third-order valence-electron chi connectivity index (χ3n) is 13.0. The molecule has 2 saturated carbocycles. The van der Waals surface area contributed by atoms with Crippen LogP contribution in [-0.4, -0.2) is 74.7 Å². The van der Waals surface area contributed by atoms with Crippen molar-refractivity contribution < 1.29 is 47.6 Å². The van der Waals surface area contributed by atoms with E-state index in [9.17, 15) is 19.2 Å². The number of fused-ring (bicyclic) bond motifs is 2. The Bertz CT molecular complexity index is 1070. The lowest BCUT2D eigenvalue weighted by Crippen LogP contribution is -2.38. The molecule has 4 aliphatic rings. The molecule has 2 heterocycles. The summed E-state index contributed by atoms with van der Waals surface area (Å²) in [5, 5.41) is 0. The van der Waals surface area contributed by atoms with Gasteiger partial charge in [-0.05, 0) is 64.2 Å². The summed E-state index contributed by atoms with van der Waals surface area (Å²) in [4.78, 5) is 52.2. The van der Waals surface area contributed by atoms with Gasteiger partial charge in [0.1, 0.15) is 0 Å². The molecule has 0 aromatic carbocycles. The average Bonchev–Trinajstić information content (AvgIpc) is 4.17. The third kappa shape index (κ3) is 19.0. The predicted molar refractivity (Wildman–Crippen MR) is 225 cm³/mol. The van der Waals surface area contributed by atoms with E-state index < -0.39 is 23.7 Å². The number of rotatable bonds is 35. The van der Waals surface area contributed by atoms with Crippen molar-refractivity contribution in [1.29, 1.82) is 0 Å². The Morgan fingerprint density at radius 3 is 0.724 bits per heavy atom. The molecular weight excluding hydrogens is 737 g/mol. The van der Waals surface area contributed by atoms with Crippen molar-refractivity contribution in [3.8, 4) is 0 Å². The standard InChI is InChI=1S/C48H82O10/c1-3-5-7-9-11-13-15-17-19-21-25-29-53-45(49)37-33-41-43(57-41)35-39(37)47(51)55-31-27-23-24-28-32-56-48(52)40-36-44-42(58-44)34-38(40)46(50)54-30-26-22-20-18-16-14-12-10-8-6-4-2/h37-44H,3-36H2,1-2H3. The first-order chi connectivity index (χ1) is 28.4. The van der Waals surface area contributed by atoms with Crippen molar-refractivity contribution in [2.75, 3.05) is 26.4 Å². The number of hydrogen-bond donors (Lipinski definition) is 0. The normalized spacial score (nSPS) is 25.6. The van der Waals surface area contributed by atoms with Crippen LogP contribution in [0.5, 0.6) is 0 Å². The lowest BCUT2D eigenvalue weighted by molar-refractivity contribution is -0.162. The number of ether oxygens (including phenoxy) is 6. The van der Waals surface area contributed by atoms with E-state index in [2.05, 4.69) is 13.8 Å². The van der Waals surface area contributed by atoms with Crippen molar-refractivity contribution >= 4 is 23.9 Å². The van der Waals surface area contributed by atoms with E-state index in [0.717, 1.165) is 38.5 Å². The van der Waals surface area contributed by atoms with Gasteiger partial charge in [0.2, 0.25) is 0 Å². The van der Waals surface area contributed by atoms with Gasteiger partial charge < -0.3 is 28.4 Å². The van der Waals surface area contributed by atoms with Crippen molar-refractivity contribution in [2.45, 2.75) is 231 Å². The largest absolute Gasteiger partial charge is 0.465 e. The van der Waals surface area contributed by atoms with Crippen LogP contribution in [0.1, 0.15) is 206 Å². The SMILES string of the molecule is CCCCCCCCCCCCCOC(=O)C1CC2OC2CC1C(=O)OCCCCCCOC(=O)C1CC2OC2CC1C(=O)OCCCCCCCCCCCCC. The Hall–Kier alpha value is -2.20. The van der Waals surface area contributed by atoms with Crippen LogP contribution in [0.25, 0.3) is 0 Å². The number of carbonyl (C=O) groups excluding carboxylic acids is 4. The fraction of sp³-hybridized carbons (Fsp3) is 0.917. The minimum atomic E-state index is -0.519. The molecule has 0 radical (unpaired) electrons. The summed E-state index contributed by atoms with van der Waals surface area (Å²) in [7, 11) is 0. The van der Waals surface area contributed by atoms with Crippen LogP contribution in [0.3, 0.4) is 0 Å². The maximum absolute atomic E-state index is 13.1. The van der Waals surface area contributed by atoms with E-state index in [-0.39, 0.29) is 61.5 Å². The second kappa shape index (κ2) is 29.1. The number of carbonyl (C=O) groups is 4. The molecule has 0 bridgehead atoms. The van der Waals surface area contributed by atoms with Crippen LogP contribution in [0.15, 0.2) is 0 Å². The highest BCUT2D eigenvalue weighted by molar-refractivity contribution is 5.83. The molecule has 58 heavy (non-hydrogen) atoms. The van der Waals surface area contributed by atoms with Gasteiger partial charge in [-0.1, -0.05) is 142 Å². The van der Waals surface area contributed by atoms with E-state index >= 15 is 0 Å². The van der Waals surface area contributed by atoms with Crippen LogP contribution < -0.4 is 0 Å². The first-order valence-corrected chi connectivity index (χ1v) is 24.4. The number of unbranched alkanes of at least 4 members (excludes halogenated alkanes) is 23. The fourth-order valence-corrected chi connectivity index (χ4v) is 9.10. The zero-order chi connectivity index (χ0) is 41.2. The molecule has 0 amide bonds. The molecule has 4 rings (SSSR count). The van der Waals surface area contributed by atoms with Gasteiger partial charge in [-0.25, -0.2) is 0 Å². The zero-order valence-electron chi connectivity index (χ0n) is 36.7. The number of epoxide rings is 2. The van der Waals surface area contributed by atoms with E-state index in [0.29, 0.717) is 51.7 Å². The molecule has 8 atom stereocenters. The van der Waals surface area contributed by atoms with Gasteiger partial charge in [-0.3, -0.25) is 19.2 Å². The molecule has 2 saturated heterocycles. The van der Waals surface area contributed by atoms with E-state index in [4.69, 9.17) is 28.4 Å². The van der Waals surface area contributed by atoms with Gasteiger partial charge >= 0.3 is 23.9 Å². The lowest BCUT2D eigenvalue weighted by atomic mass is 9.79. The lowest BCUT2D eigenvalue weighted by Gasteiger charge is -2.26. The predicted octanol–water partition coefficient (Wildman–Crippen LogP) is 10.9. The molecule has 10 nitrogen and oxygen atoms in total. The Labute approximate surface area is 351 Å². The summed E-state index contributed by atoms with van der Waals surface area (Å²) in [6.45, 7) is 5.89. The fourth-order valence-electron chi connectivity index (χ4n) is 9.10. The summed E-state index contributed by atoms with van der Waals surface area (Å²) >= 11 is 0. The Morgan fingerprint density at radius 2 is 0.517 bits per heavy atom. The summed E-state index contributed by atoms with van der Waals surface area (Å²) in [6, 6.07) is 0. The quantitative estimate of drug-likeness (QED) is 0.0264. The molecule has 2 aliphatic heterocycles.